The van der Waals surface area contributed by atoms with Crippen LogP contribution in [0.5, 0.6) is 0 Å². The van der Waals surface area contributed by atoms with E-state index in [1.807, 2.05) is 0 Å². The molecule has 19 heavy (non-hydrogen) atoms. The summed E-state index contributed by atoms with van der Waals surface area (Å²) in [6.45, 7) is 2.29. The highest BCUT2D eigenvalue weighted by atomic mass is 14.9. The predicted molar refractivity (Wildman–Crippen MR) is 86.6 cm³/mol. The van der Waals surface area contributed by atoms with E-state index in [1.54, 1.807) is 5.57 Å². The molecule has 0 aliphatic heterocycles. The molecule has 112 valence electrons. The summed E-state index contributed by atoms with van der Waals surface area (Å²) < 4.78 is 0. The highest BCUT2D eigenvalue weighted by Crippen LogP contribution is 2.23. The lowest BCUT2D eigenvalue weighted by Crippen LogP contribution is -2.25. The summed E-state index contributed by atoms with van der Waals surface area (Å²) >= 11 is 0. The molecule has 0 heterocycles. The van der Waals surface area contributed by atoms with Crippen LogP contribution >= 0.6 is 0 Å². The Morgan fingerprint density at radius 2 is 1.79 bits per heavy atom. The standard InChI is InChI=1S/C18H35N/c1-3-4-5-6-7-8-12-15-18(19-2)16-17-13-10-9-11-14-17/h13,18-19H,3-12,14-16H2,1-2H3. The third-order valence-corrected chi connectivity index (χ3v) is 4.46. The van der Waals surface area contributed by atoms with Gasteiger partial charge in [-0.3, -0.25) is 0 Å². The van der Waals surface area contributed by atoms with Crippen molar-refractivity contribution < 1.29 is 0 Å². The zero-order chi connectivity index (χ0) is 13.8. The van der Waals surface area contributed by atoms with Gasteiger partial charge in [0.05, 0.1) is 0 Å². The topological polar surface area (TPSA) is 12.0 Å². The number of rotatable bonds is 11. The molecule has 1 atom stereocenters. The van der Waals surface area contributed by atoms with Crippen LogP contribution in [0.2, 0.25) is 0 Å². The van der Waals surface area contributed by atoms with Gasteiger partial charge in [-0.15, -0.1) is 0 Å². The number of unbranched alkanes of at least 4 members (excludes halogenated alkanes) is 6. The van der Waals surface area contributed by atoms with Crippen molar-refractivity contribution in [1.82, 2.24) is 5.32 Å². The Morgan fingerprint density at radius 1 is 1.05 bits per heavy atom. The van der Waals surface area contributed by atoms with Crippen molar-refractivity contribution in [2.75, 3.05) is 7.05 Å². The maximum absolute atomic E-state index is 3.52. The normalized spacial score (nSPS) is 17.3. The molecule has 0 spiro atoms. The number of allylic oxidation sites excluding steroid dienone is 1. The molecule has 0 bridgehead atoms. The predicted octanol–water partition coefficient (Wildman–Crippen LogP) is 5.61. The molecule has 1 rings (SSSR count). The average Bonchev–Trinajstić information content (AvgIpc) is 2.46. The van der Waals surface area contributed by atoms with Crippen molar-refractivity contribution in [2.45, 2.75) is 96.4 Å². The molecule has 1 N–H and O–H groups in total. The third-order valence-electron chi connectivity index (χ3n) is 4.46. The fourth-order valence-corrected chi connectivity index (χ4v) is 3.10. The summed E-state index contributed by atoms with van der Waals surface area (Å²) in [5.74, 6) is 0. The first-order valence-corrected chi connectivity index (χ1v) is 8.72. The van der Waals surface area contributed by atoms with Gasteiger partial charge in [-0.2, -0.15) is 0 Å². The fourth-order valence-electron chi connectivity index (χ4n) is 3.10. The summed E-state index contributed by atoms with van der Waals surface area (Å²) in [7, 11) is 2.13. The van der Waals surface area contributed by atoms with Gasteiger partial charge in [0, 0.05) is 6.04 Å². The van der Waals surface area contributed by atoms with E-state index >= 15 is 0 Å². The van der Waals surface area contributed by atoms with Crippen LogP contribution in [0.25, 0.3) is 0 Å². The first-order chi connectivity index (χ1) is 9.36. The van der Waals surface area contributed by atoms with E-state index in [0.717, 1.165) is 6.04 Å². The van der Waals surface area contributed by atoms with E-state index < -0.39 is 0 Å². The van der Waals surface area contributed by atoms with Gasteiger partial charge in [0.1, 0.15) is 0 Å². The molecule has 1 aliphatic carbocycles. The maximum atomic E-state index is 3.52. The summed E-state index contributed by atoms with van der Waals surface area (Å²) in [6, 6.07) is 0.722. The zero-order valence-corrected chi connectivity index (χ0v) is 13.3. The lowest BCUT2D eigenvalue weighted by molar-refractivity contribution is 0.468. The second-order valence-electron chi connectivity index (χ2n) is 6.21. The SMILES string of the molecule is CCCCCCCCCC(CC1=CCCCC1)NC. The van der Waals surface area contributed by atoms with Crippen LogP contribution in [0.15, 0.2) is 11.6 Å². The van der Waals surface area contributed by atoms with Gasteiger partial charge < -0.3 is 5.32 Å². The van der Waals surface area contributed by atoms with Crippen LogP contribution in [-0.2, 0) is 0 Å². The van der Waals surface area contributed by atoms with Gasteiger partial charge in [-0.05, 0) is 45.6 Å². The molecule has 1 aliphatic rings. The second-order valence-corrected chi connectivity index (χ2v) is 6.21. The minimum absolute atomic E-state index is 0.722. The van der Waals surface area contributed by atoms with Crippen molar-refractivity contribution in [3.8, 4) is 0 Å². The van der Waals surface area contributed by atoms with E-state index in [0.29, 0.717) is 0 Å². The van der Waals surface area contributed by atoms with Gasteiger partial charge in [-0.1, -0.05) is 63.5 Å². The van der Waals surface area contributed by atoms with E-state index in [4.69, 9.17) is 0 Å². The van der Waals surface area contributed by atoms with Crippen molar-refractivity contribution in [2.24, 2.45) is 0 Å². The molecule has 1 unspecified atom stereocenters. The molecule has 0 amide bonds. The average molecular weight is 265 g/mol. The van der Waals surface area contributed by atoms with Crippen LogP contribution in [0.4, 0.5) is 0 Å². The number of nitrogens with one attached hydrogen (secondary N) is 1. The van der Waals surface area contributed by atoms with Gasteiger partial charge >= 0.3 is 0 Å². The van der Waals surface area contributed by atoms with Crippen molar-refractivity contribution in [3.05, 3.63) is 11.6 Å². The second kappa shape index (κ2) is 11.5. The lowest BCUT2D eigenvalue weighted by Gasteiger charge is -2.20. The Balaban J connectivity index is 2.03. The summed E-state index contributed by atoms with van der Waals surface area (Å²) in [6.07, 6.45) is 20.6. The van der Waals surface area contributed by atoms with E-state index in [2.05, 4.69) is 25.4 Å². The zero-order valence-electron chi connectivity index (χ0n) is 13.3. The Kier molecular flexibility index (Phi) is 10.2. The van der Waals surface area contributed by atoms with Crippen molar-refractivity contribution in [3.63, 3.8) is 0 Å². The summed E-state index contributed by atoms with van der Waals surface area (Å²) in [4.78, 5) is 0. The lowest BCUT2D eigenvalue weighted by atomic mass is 9.92. The largest absolute Gasteiger partial charge is 0.317 e. The highest BCUT2D eigenvalue weighted by Gasteiger charge is 2.10. The molecule has 0 saturated heterocycles. The Hall–Kier alpha value is -0.300. The minimum Gasteiger partial charge on any atom is -0.317 e. The maximum Gasteiger partial charge on any atom is 0.0101 e. The van der Waals surface area contributed by atoms with E-state index in [1.165, 1.54) is 83.5 Å². The molecule has 0 aromatic rings. The molecule has 0 fully saturated rings. The van der Waals surface area contributed by atoms with Gasteiger partial charge in [0.15, 0.2) is 0 Å². The first-order valence-electron chi connectivity index (χ1n) is 8.72. The first kappa shape index (κ1) is 16.8. The van der Waals surface area contributed by atoms with E-state index in [9.17, 15) is 0 Å². The van der Waals surface area contributed by atoms with E-state index in [-0.39, 0.29) is 0 Å². The van der Waals surface area contributed by atoms with Crippen LogP contribution in [0, 0.1) is 0 Å². The van der Waals surface area contributed by atoms with Crippen LogP contribution in [0.3, 0.4) is 0 Å². The molecular formula is C18H35N. The molecule has 0 radical (unpaired) electrons. The summed E-state index contributed by atoms with van der Waals surface area (Å²) in [5, 5.41) is 3.52. The van der Waals surface area contributed by atoms with Gasteiger partial charge in [0.25, 0.3) is 0 Å². The van der Waals surface area contributed by atoms with Crippen LogP contribution < -0.4 is 5.32 Å². The smallest absolute Gasteiger partial charge is 0.0101 e. The van der Waals surface area contributed by atoms with Crippen molar-refractivity contribution in [1.29, 1.82) is 0 Å². The van der Waals surface area contributed by atoms with Crippen molar-refractivity contribution >= 4 is 0 Å². The quantitative estimate of drug-likeness (QED) is 0.378. The molecule has 0 aromatic carbocycles. The van der Waals surface area contributed by atoms with Gasteiger partial charge in [0.2, 0.25) is 0 Å². The number of hydrogen-bond acceptors (Lipinski definition) is 1. The Labute approximate surface area is 121 Å². The van der Waals surface area contributed by atoms with Crippen LogP contribution in [0.1, 0.15) is 90.4 Å². The third kappa shape index (κ3) is 8.47. The van der Waals surface area contributed by atoms with Gasteiger partial charge in [-0.25, -0.2) is 0 Å². The minimum atomic E-state index is 0.722. The molecule has 1 heteroatoms. The molecule has 1 nitrogen and oxygen atoms in total. The summed E-state index contributed by atoms with van der Waals surface area (Å²) in [5.41, 5.74) is 1.72. The monoisotopic (exact) mass is 265 g/mol. The van der Waals surface area contributed by atoms with Crippen LogP contribution in [-0.4, -0.2) is 13.1 Å². The Morgan fingerprint density at radius 3 is 2.42 bits per heavy atom. The highest BCUT2D eigenvalue weighted by molar-refractivity contribution is 5.06. The fraction of sp³-hybridized carbons (Fsp3) is 0.889. The molecule has 0 saturated carbocycles. The Bertz CT molecular complexity index is 232. The number of hydrogen-bond donors (Lipinski definition) is 1. The molecular weight excluding hydrogens is 230 g/mol. The molecule has 0 aromatic heterocycles.